The van der Waals surface area contributed by atoms with Gasteiger partial charge in [-0.15, -0.1) is 0 Å². The zero-order valence-electron chi connectivity index (χ0n) is 30.3. The van der Waals surface area contributed by atoms with Crippen LogP contribution in [0, 0.1) is 0 Å². The van der Waals surface area contributed by atoms with Crippen molar-refractivity contribution in [2.45, 2.75) is 10.5 Å². The Balaban J connectivity index is 0.926. The van der Waals surface area contributed by atoms with Gasteiger partial charge in [0.25, 0.3) is 10.1 Å². The molecule has 0 aliphatic heterocycles. The first-order chi connectivity index (χ1) is 26.1. The quantitative estimate of drug-likeness (QED) is 0.0381. The molecule has 0 unspecified atom stereocenters. The SMILES string of the molecule is O=S(=O)(OCCOCCOCCOCCOCCOCCOCCOCCOC(c1ccccc1)(c1ccccc1)c1ccccc1)c1ccccc1. The Morgan fingerprint density at radius 1 is 0.340 bits per heavy atom. The van der Waals surface area contributed by atoms with Crippen LogP contribution in [0.4, 0.5) is 0 Å². The molecule has 0 spiro atoms. The van der Waals surface area contributed by atoms with Crippen LogP contribution in [0.5, 0.6) is 0 Å². The molecular formula is C41H52O11S. The van der Waals surface area contributed by atoms with Gasteiger partial charge in [-0.2, -0.15) is 8.42 Å². The van der Waals surface area contributed by atoms with E-state index in [2.05, 4.69) is 36.4 Å². The number of rotatable bonds is 30. The monoisotopic (exact) mass is 752 g/mol. The molecule has 12 heteroatoms. The Hall–Kier alpha value is -3.53. The van der Waals surface area contributed by atoms with Gasteiger partial charge in [-0.05, 0) is 28.8 Å². The van der Waals surface area contributed by atoms with Crippen molar-refractivity contribution in [3.8, 4) is 0 Å². The summed E-state index contributed by atoms with van der Waals surface area (Å²) in [6.07, 6.45) is 0. The molecule has 0 aliphatic rings. The predicted octanol–water partition coefficient (Wildman–Crippen LogP) is 5.52. The normalized spacial score (nSPS) is 11.9. The number of ether oxygens (including phenoxy) is 8. The summed E-state index contributed by atoms with van der Waals surface area (Å²) >= 11 is 0. The molecule has 0 aliphatic carbocycles. The van der Waals surface area contributed by atoms with E-state index in [0.717, 1.165) is 16.7 Å². The largest absolute Gasteiger partial charge is 0.377 e. The van der Waals surface area contributed by atoms with Crippen LogP contribution in [0.1, 0.15) is 16.7 Å². The van der Waals surface area contributed by atoms with Crippen molar-refractivity contribution in [3.05, 3.63) is 138 Å². The van der Waals surface area contributed by atoms with Crippen LogP contribution in [0.2, 0.25) is 0 Å². The second-order valence-corrected chi connectivity index (χ2v) is 13.1. The summed E-state index contributed by atoms with van der Waals surface area (Å²) in [6.45, 7) is 6.17. The summed E-state index contributed by atoms with van der Waals surface area (Å²) in [6, 6.07) is 38.9. The fourth-order valence-electron chi connectivity index (χ4n) is 5.30. The highest BCUT2D eigenvalue weighted by Gasteiger charge is 2.37. The third-order valence-electron chi connectivity index (χ3n) is 7.82. The predicted molar refractivity (Wildman–Crippen MR) is 200 cm³/mol. The van der Waals surface area contributed by atoms with Crippen LogP contribution < -0.4 is 0 Å². The smallest absolute Gasteiger partial charge is 0.297 e. The van der Waals surface area contributed by atoms with Crippen LogP contribution in [-0.4, -0.2) is 114 Å². The molecule has 0 amide bonds. The van der Waals surface area contributed by atoms with Crippen molar-refractivity contribution in [1.82, 2.24) is 0 Å². The van der Waals surface area contributed by atoms with Crippen molar-refractivity contribution >= 4 is 10.1 Å². The molecule has 0 heterocycles. The highest BCUT2D eigenvalue weighted by atomic mass is 32.2. The average Bonchev–Trinajstić information content (AvgIpc) is 3.20. The topological polar surface area (TPSA) is 117 Å². The third-order valence-corrected chi connectivity index (χ3v) is 9.14. The minimum atomic E-state index is -3.76. The van der Waals surface area contributed by atoms with E-state index in [1.165, 1.54) is 12.1 Å². The maximum absolute atomic E-state index is 12.0. The van der Waals surface area contributed by atoms with E-state index in [1.807, 2.05) is 54.6 Å². The van der Waals surface area contributed by atoms with Gasteiger partial charge in [0, 0.05) is 0 Å². The van der Waals surface area contributed by atoms with Crippen LogP contribution in [0.15, 0.2) is 126 Å². The van der Waals surface area contributed by atoms with Gasteiger partial charge in [0.2, 0.25) is 0 Å². The van der Waals surface area contributed by atoms with Crippen LogP contribution >= 0.6 is 0 Å². The Kier molecular flexibility index (Phi) is 20.3. The minimum absolute atomic E-state index is 0.0606. The Labute approximate surface area is 314 Å². The summed E-state index contributed by atoms with van der Waals surface area (Å²) in [4.78, 5) is 0.120. The molecule has 0 aromatic heterocycles. The zero-order valence-corrected chi connectivity index (χ0v) is 31.1. The van der Waals surface area contributed by atoms with Gasteiger partial charge < -0.3 is 37.9 Å². The highest BCUT2D eigenvalue weighted by molar-refractivity contribution is 7.86. The fraction of sp³-hybridized carbons (Fsp3) is 0.415. The first-order valence-electron chi connectivity index (χ1n) is 17.9. The number of hydrogen-bond donors (Lipinski definition) is 0. The van der Waals surface area contributed by atoms with Gasteiger partial charge >= 0.3 is 0 Å². The van der Waals surface area contributed by atoms with E-state index in [1.54, 1.807) is 18.2 Å². The molecule has 4 rings (SSSR count). The molecular weight excluding hydrogens is 701 g/mol. The fourth-order valence-corrected chi connectivity index (χ4v) is 6.22. The first kappa shape index (κ1) is 42.2. The van der Waals surface area contributed by atoms with Crippen LogP contribution in [-0.2, 0) is 57.8 Å². The van der Waals surface area contributed by atoms with Gasteiger partial charge in [0.05, 0.1) is 111 Å². The molecule has 0 radical (unpaired) electrons. The maximum Gasteiger partial charge on any atom is 0.297 e. The van der Waals surface area contributed by atoms with Gasteiger partial charge in [-0.1, -0.05) is 109 Å². The van der Waals surface area contributed by atoms with E-state index >= 15 is 0 Å². The van der Waals surface area contributed by atoms with E-state index in [9.17, 15) is 8.42 Å². The van der Waals surface area contributed by atoms with E-state index in [4.69, 9.17) is 42.1 Å². The molecule has 53 heavy (non-hydrogen) atoms. The number of benzene rings is 4. The zero-order chi connectivity index (χ0) is 37.1. The molecule has 0 saturated heterocycles. The summed E-state index contributed by atoms with van der Waals surface area (Å²) in [7, 11) is -3.76. The Bertz CT molecular complexity index is 1480. The summed E-state index contributed by atoms with van der Waals surface area (Å²) in [5, 5.41) is 0. The average molecular weight is 753 g/mol. The molecule has 0 atom stereocenters. The van der Waals surface area contributed by atoms with Crippen molar-refractivity contribution in [3.63, 3.8) is 0 Å². The van der Waals surface area contributed by atoms with E-state index in [-0.39, 0.29) is 18.1 Å². The molecule has 4 aromatic rings. The van der Waals surface area contributed by atoms with Gasteiger partial charge in [-0.3, -0.25) is 4.18 Å². The first-order valence-corrected chi connectivity index (χ1v) is 19.3. The highest BCUT2D eigenvalue weighted by Crippen LogP contribution is 2.40. The molecule has 288 valence electrons. The maximum atomic E-state index is 12.0. The number of hydrogen-bond acceptors (Lipinski definition) is 11. The van der Waals surface area contributed by atoms with Crippen LogP contribution in [0.3, 0.4) is 0 Å². The van der Waals surface area contributed by atoms with Gasteiger partial charge in [0.15, 0.2) is 0 Å². The standard InChI is InChI=1S/C41H52O11S/c42-53(43,40-19-11-4-12-20-40)52-36-34-50-32-30-48-28-26-46-24-22-44-21-23-45-25-27-47-29-31-49-33-35-51-41(37-13-5-1-6-14-37,38-15-7-2-8-16-38)39-17-9-3-10-18-39/h1-20H,21-36H2. The van der Waals surface area contributed by atoms with Crippen LogP contribution in [0.25, 0.3) is 0 Å². The van der Waals surface area contributed by atoms with Gasteiger partial charge in [0.1, 0.15) is 5.60 Å². The third kappa shape index (κ3) is 15.4. The van der Waals surface area contributed by atoms with E-state index in [0.29, 0.717) is 92.5 Å². The summed E-state index contributed by atoms with van der Waals surface area (Å²) in [5.74, 6) is 0. The molecule has 11 nitrogen and oxygen atoms in total. The molecule has 0 fully saturated rings. The van der Waals surface area contributed by atoms with Crippen molar-refractivity contribution < 1.29 is 50.5 Å². The lowest BCUT2D eigenvalue weighted by Crippen LogP contribution is -2.34. The van der Waals surface area contributed by atoms with Gasteiger partial charge in [-0.25, -0.2) is 0 Å². The molecule has 0 N–H and O–H groups in total. The molecule has 0 bridgehead atoms. The lowest BCUT2D eigenvalue weighted by Gasteiger charge is -2.36. The lowest BCUT2D eigenvalue weighted by atomic mass is 9.80. The Morgan fingerprint density at radius 3 is 0.925 bits per heavy atom. The second-order valence-electron chi connectivity index (χ2n) is 11.5. The van der Waals surface area contributed by atoms with Crippen molar-refractivity contribution in [2.24, 2.45) is 0 Å². The van der Waals surface area contributed by atoms with Crippen molar-refractivity contribution in [2.75, 3.05) is 106 Å². The molecule has 0 saturated carbocycles. The summed E-state index contributed by atoms with van der Waals surface area (Å²) < 4.78 is 74.5. The van der Waals surface area contributed by atoms with E-state index < -0.39 is 15.7 Å². The second kappa shape index (κ2) is 25.5. The summed E-state index contributed by atoms with van der Waals surface area (Å²) in [5.41, 5.74) is 2.41. The molecule has 4 aromatic carbocycles. The Morgan fingerprint density at radius 2 is 0.604 bits per heavy atom. The van der Waals surface area contributed by atoms with Crippen molar-refractivity contribution in [1.29, 1.82) is 0 Å². The minimum Gasteiger partial charge on any atom is -0.377 e. The lowest BCUT2D eigenvalue weighted by molar-refractivity contribution is -0.0397.